The minimum absolute atomic E-state index is 0.162. The van der Waals surface area contributed by atoms with E-state index in [0.29, 0.717) is 0 Å². The monoisotopic (exact) mass is 281 g/mol. The van der Waals surface area contributed by atoms with Gasteiger partial charge in [-0.3, -0.25) is 5.32 Å². The number of carbonyl (C=O) groups excluding carboxylic acids is 1. The van der Waals surface area contributed by atoms with E-state index in [4.69, 9.17) is 11.6 Å². The fourth-order valence-corrected chi connectivity index (χ4v) is 1.23. The van der Waals surface area contributed by atoms with Gasteiger partial charge in [0.2, 0.25) is 0 Å². The van der Waals surface area contributed by atoms with Crippen LogP contribution in [0, 0.1) is 5.82 Å². The van der Waals surface area contributed by atoms with E-state index >= 15 is 0 Å². The molecule has 3 nitrogen and oxygen atoms in total. The highest BCUT2D eigenvalue weighted by Crippen LogP contribution is 2.28. The minimum Gasteiger partial charge on any atom is -0.453 e. The lowest BCUT2D eigenvalue weighted by atomic mass is 10.3. The first-order valence-electron chi connectivity index (χ1n) is 3.54. The number of benzene rings is 1. The van der Waals surface area contributed by atoms with Crippen LogP contribution in [0.25, 0.3) is 0 Å². The summed E-state index contributed by atoms with van der Waals surface area (Å²) in [6.07, 6.45) is -0.678. The van der Waals surface area contributed by atoms with Crippen molar-refractivity contribution >= 4 is 39.3 Å². The first kappa shape index (κ1) is 11.3. The van der Waals surface area contributed by atoms with E-state index in [1.54, 1.807) is 0 Å². The molecule has 0 saturated carbocycles. The first-order valence-corrected chi connectivity index (χ1v) is 4.71. The van der Waals surface area contributed by atoms with E-state index in [2.05, 4.69) is 26.0 Å². The number of nitrogens with one attached hydrogen (secondary N) is 1. The second kappa shape index (κ2) is 4.61. The summed E-state index contributed by atoms with van der Waals surface area (Å²) >= 11 is 8.61. The molecule has 1 rings (SSSR count). The van der Waals surface area contributed by atoms with Gasteiger partial charge in [-0.15, -0.1) is 0 Å². The van der Waals surface area contributed by atoms with Crippen LogP contribution in [0.2, 0.25) is 5.02 Å². The predicted octanol–water partition coefficient (Wildman–Crippen LogP) is 3.42. The molecule has 0 radical (unpaired) electrons. The van der Waals surface area contributed by atoms with Crippen molar-refractivity contribution in [3.63, 3.8) is 0 Å². The summed E-state index contributed by atoms with van der Waals surface area (Å²) in [6, 6.07) is 2.54. The number of ether oxygens (including phenoxy) is 1. The maximum atomic E-state index is 13.1. The van der Waals surface area contributed by atoms with Crippen LogP contribution in [-0.2, 0) is 4.74 Å². The smallest absolute Gasteiger partial charge is 0.411 e. The Bertz CT molecular complexity index is 349. The highest BCUT2D eigenvalue weighted by atomic mass is 79.9. The van der Waals surface area contributed by atoms with Gasteiger partial charge in [-0.1, -0.05) is 11.6 Å². The van der Waals surface area contributed by atoms with Crippen molar-refractivity contribution in [2.75, 3.05) is 12.4 Å². The number of rotatable bonds is 1. The van der Waals surface area contributed by atoms with Gasteiger partial charge >= 0.3 is 6.09 Å². The average molecular weight is 282 g/mol. The van der Waals surface area contributed by atoms with Crippen LogP contribution >= 0.6 is 27.5 Å². The van der Waals surface area contributed by atoms with Crippen LogP contribution in [0.4, 0.5) is 14.9 Å². The minimum atomic E-state index is -0.678. The largest absolute Gasteiger partial charge is 0.453 e. The third kappa shape index (κ3) is 2.59. The van der Waals surface area contributed by atoms with Crippen molar-refractivity contribution in [1.29, 1.82) is 0 Å². The molecular weight excluding hydrogens is 276 g/mol. The molecule has 0 fully saturated rings. The molecule has 0 unspecified atom stereocenters. The Morgan fingerprint density at radius 3 is 2.79 bits per heavy atom. The van der Waals surface area contributed by atoms with Gasteiger partial charge in [0.1, 0.15) is 5.82 Å². The van der Waals surface area contributed by atoms with Crippen LogP contribution in [-0.4, -0.2) is 13.2 Å². The molecule has 0 aliphatic rings. The topological polar surface area (TPSA) is 38.3 Å². The van der Waals surface area contributed by atoms with Gasteiger partial charge in [-0.05, 0) is 28.1 Å². The van der Waals surface area contributed by atoms with E-state index in [1.807, 2.05) is 0 Å². The molecule has 0 saturated heterocycles. The van der Waals surface area contributed by atoms with Crippen LogP contribution < -0.4 is 5.32 Å². The third-order valence-electron chi connectivity index (χ3n) is 1.42. The molecule has 76 valence electrons. The van der Waals surface area contributed by atoms with Crippen molar-refractivity contribution in [3.8, 4) is 0 Å². The Kier molecular flexibility index (Phi) is 3.71. The Morgan fingerprint density at radius 1 is 1.64 bits per heavy atom. The summed E-state index contributed by atoms with van der Waals surface area (Å²) in [7, 11) is 1.21. The predicted molar refractivity (Wildman–Crippen MR) is 55.1 cm³/mol. The molecule has 0 aliphatic heterocycles. The van der Waals surface area contributed by atoms with Crippen molar-refractivity contribution in [1.82, 2.24) is 0 Å². The quantitative estimate of drug-likeness (QED) is 0.802. The fourth-order valence-electron chi connectivity index (χ4n) is 0.797. The van der Waals surface area contributed by atoms with E-state index in [9.17, 15) is 9.18 Å². The molecule has 0 aliphatic carbocycles. The normalized spacial score (nSPS) is 9.71. The zero-order chi connectivity index (χ0) is 10.7. The summed E-state index contributed by atoms with van der Waals surface area (Å²) in [6.45, 7) is 0. The highest BCUT2D eigenvalue weighted by molar-refractivity contribution is 9.10. The molecule has 1 aromatic rings. The maximum absolute atomic E-state index is 13.1. The van der Waals surface area contributed by atoms with Crippen LogP contribution in [0.15, 0.2) is 16.6 Å². The van der Waals surface area contributed by atoms with Gasteiger partial charge in [0.25, 0.3) is 0 Å². The summed E-state index contributed by atoms with van der Waals surface area (Å²) in [5.74, 6) is -0.552. The van der Waals surface area contributed by atoms with Crippen molar-refractivity contribution in [2.45, 2.75) is 0 Å². The Labute approximate surface area is 93.3 Å². The SMILES string of the molecule is COC(=O)Nc1cc(F)c(Br)c(Cl)c1. The lowest BCUT2D eigenvalue weighted by Crippen LogP contribution is -2.11. The van der Waals surface area contributed by atoms with Crippen LogP contribution in [0.3, 0.4) is 0 Å². The zero-order valence-electron chi connectivity index (χ0n) is 7.11. The molecule has 0 bridgehead atoms. The molecule has 0 heterocycles. The van der Waals surface area contributed by atoms with E-state index < -0.39 is 11.9 Å². The Balaban J connectivity index is 2.95. The van der Waals surface area contributed by atoms with Crippen LogP contribution in [0.5, 0.6) is 0 Å². The Hall–Kier alpha value is -0.810. The Morgan fingerprint density at radius 2 is 2.29 bits per heavy atom. The standard InChI is InChI=1S/C8H6BrClFNO2/c1-14-8(13)12-4-2-5(10)7(9)6(11)3-4/h2-3H,1H3,(H,12,13). The molecule has 6 heteroatoms. The molecule has 1 aromatic carbocycles. The zero-order valence-corrected chi connectivity index (χ0v) is 9.45. The van der Waals surface area contributed by atoms with Crippen molar-refractivity contribution in [2.24, 2.45) is 0 Å². The van der Waals surface area contributed by atoms with Gasteiger partial charge in [0.15, 0.2) is 0 Å². The molecular formula is C8H6BrClFNO2. The van der Waals surface area contributed by atoms with Gasteiger partial charge in [-0.2, -0.15) is 0 Å². The number of methoxy groups -OCH3 is 1. The number of carbonyl (C=O) groups is 1. The molecule has 0 aromatic heterocycles. The number of hydrogen-bond acceptors (Lipinski definition) is 2. The van der Waals surface area contributed by atoms with Crippen molar-refractivity contribution < 1.29 is 13.9 Å². The van der Waals surface area contributed by atoms with Crippen LogP contribution in [0.1, 0.15) is 0 Å². The van der Waals surface area contributed by atoms with E-state index in [0.717, 1.165) is 6.07 Å². The third-order valence-corrected chi connectivity index (χ3v) is 2.75. The summed E-state index contributed by atoms with van der Waals surface area (Å²) in [5.41, 5.74) is 0.238. The molecule has 0 atom stereocenters. The molecule has 0 spiro atoms. The molecule has 14 heavy (non-hydrogen) atoms. The van der Waals surface area contributed by atoms with Gasteiger partial charge in [0.05, 0.1) is 16.6 Å². The van der Waals surface area contributed by atoms with Gasteiger partial charge < -0.3 is 4.74 Å². The number of amides is 1. The number of anilines is 1. The summed E-state index contributed by atoms with van der Waals surface area (Å²) < 4.78 is 17.6. The van der Waals surface area contributed by atoms with E-state index in [-0.39, 0.29) is 15.2 Å². The van der Waals surface area contributed by atoms with Gasteiger partial charge in [0, 0.05) is 5.69 Å². The first-order chi connectivity index (χ1) is 6.54. The van der Waals surface area contributed by atoms with Crippen molar-refractivity contribution in [3.05, 3.63) is 27.4 Å². The molecule has 1 N–H and O–H groups in total. The molecule has 1 amide bonds. The lowest BCUT2D eigenvalue weighted by Gasteiger charge is -2.05. The van der Waals surface area contributed by atoms with Gasteiger partial charge in [-0.25, -0.2) is 9.18 Å². The second-order valence-corrected chi connectivity index (χ2v) is 3.57. The fraction of sp³-hybridized carbons (Fsp3) is 0.125. The highest BCUT2D eigenvalue weighted by Gasteiger charge is 2.08. The second-order valence-electron chi connectivity index (χ2n) is 2.37. The number of hydrogen-bond donors (Lipinski definition) is 1. The summed E-state index contributed by atoms with van der Waals surface area (Å²) in [5, 5.41) is 2.47. The summed E-state index contributed by atoms with van der Waals surface area (Å²) in [4.78, 5) is 10.8. The maximum Gasteiger partial charge on any atom is 0.411 e. The lowest BCUT2D eigenvalue weighted by molar-refractivity contribution is 0.187. The average Bonchev–Trinajstić information content (AvgIpc) is 2.14. The number of halogens is 3. The van der Waals surface area contributed by atoms with E-state index in [1.165, 1.54) is 13.2 Å².